The number of nitrogens with two attached hydrogens (primary N) is 1. The molecule has 2 nitrogen and oxygen atoms in total. The van der Waals surface area contributed by atoms with Crippen LogP contribution in [0.25, 0.3) is 11.1 Å². The Kier molecular flexibility index (Phi) is 15.0. The predicted molar refractivity (Wildman–Crippen MR) is 164 cm³/mol. The molecule has 0 aliphatic heterocycles. The molecule has 0 saturated carbocycles. The summed E-state index contributed by atoms with van der Waals surface area (Å²) < 4.78 is 0. The fourth-order valence-electron chi connectivity index (χ4n) is 3.55. The molecule has 1 atom stereocenters. The van der Waals surface area contributed by atoms with E-state index in [9.17, 15) is 0 Å². The van der Waals surface area contributed by atoms with Gasteiger partial charge in [-0.25, -0.2) is 0 Å². The fourth-order valence-corrected chi connectivity index (χ4v) is 3.76. The Bertz CT molecular complexity index is 1310. The van der Waals surface area contributed by atoms with Crippen LogP contribution >= 0.6 is 9.24 Å². The van der Waals surface area contributed by atoms with E-state index in [-0.39, 0.29) is 25.9 Å². The largest absolute Gasteiger partial charge is 2.00 e. The Labute approximate surface area is 244 Å². The van der Waals surface area contributed by atoms with Gasteiger partial charge in [-0.15, -0.1) is 85.9 Å². The van der Waals surface area contributed by atoms with Gasteiger partial charge in [0.05, 0.1) is 0 Å². The molecule has 0 heterocycles. The van der Waals surface area contributed by atoms with Crippen molar-refractivity contribution in [3.63, 3.8) is 0 Å². The summed E-state index contributed by atoms with van der Waals surface area (Å²) in [6.45, 7) is 6.39. The van der Waals surface area contributed by atoms with Crippen molar-refractivity contribution in [1.82, 2.24) is 0 Å². The van der Waals surface area contributed by atoms with Crippen molar-refractivity contribution in [3.05, 3.63) is 162 Å². The average Bonchev–Trinajstić information content (AvgIpc) is 2.90. The molecule has 38 heavy (non-hydrogen) atoms. The van der Waals surface area contributed by atoms with E-state index in [0.717, 1.165) is 16.8 Å². The molecular formula is C34H36NOPPd. The zero-order valence-electron chi connectivity index (χ0n) is 22.1. The summed E-state index contributed by atoms with van der Waals surface area (Å²) in [5.74, 6) is 0. The van der Waals surface area contributed by atoms with E-state index in [0.29, 0.717) is 0 Å². The molecule has 0 fully saturated rings. The van der Waals surface area contributed by atoms with Gasteiger partial charge in [0, 0.05) is 0 Å². The second-order valence-electron chi connectivity index (χ2n) is 8.58. The Hall–Kier alpha value is -3.18. The zero-order valence-corrected chi connectivity index (χ0v) is 24.8. The number of aryl methyl sites for hydroxylation is 3. The van der Waals surface area contributed by atoms with Gasteiger partial charge in [0.25, 0.3) is 0 Å². The minimum Gasteiger partial charge on any atom is -0.412 e. The molecule has 4 N–H and O–H groups in total. The second kappa shape index (κ2) is 17.4. The molecule has 5 aromatic carbocycles. The summed E-state index contributed by atoms with van der Waals surface area (Å²) in [6, 6.07) is 44.0. The van der Waals surface area contributed by atoms with Crippen LogP contribution in [0, 0.1) is 33.3 Å². The Morgan fingerprint density at radius 3 is 1.53 bits per heavy atom. The minimum absolute atomic E-state index is 0. The summed E-state index contributed by atoms with van der Waals surface area (Å²) in [4.78, 5) is 0. The first-order chi connectivity index (χ1) is 17.5. The van der Waals surface area contributed by atoms with Crippen LogP contribution in [-0.4, -0.2) is 5.48 Å². The molecule has 0 aliphatic rings. The van der Waals surface area contributed by atoms with Crippen LogP contribution in [0.4, 0.5) is 5.69 Å². The van der Waals surface area contributed by atoms with Crippen molar-refractivity contribution >= 4 is 20.2 Å². The third-order valence-corrected chi connectivity index (χ3v) is 6.48. The summed E-state index contributed by atoms with van der Waals surface area (Å²) in [5.41, 5.74) is 15.3. The topological polar surface area (TPSA) is 57.5 Å². The van der Waals surface area contributed by atoms with Crippen molar-refractivity contribution in [2.75, 3.05) is 5.73 Å². The third kappa shape index (κ3) is 10.3. The molecule has 0 saturated heterocycles. The van der Waals surface area contributed by atoms with Crippen LogP contribution in [0.1, 0.15) is 27.8 Å². The van der Waals surface area contributed by atoms with Crippen molar-refractivity contribution in [2.24, 2.45) is 0 Å². The number of benzene rings is 5. The summed E-state index contributed by atoms with van der Waals surface area (Å²) >= 11 is 0. The van der Waals surface area contributed by atoms with Gasteiger partial charge < -0.3 is 11.2 Å². The van der Waals surface area contributed by atoms with Gasteiger partial charge in [0.2, 0.25) is 0 Å². The van der Waals surface area contributed by atoms with Crippen molar-refractivity contribution in [3.8, 4) is 11.1 Å². The van der Waals surface area contributed by atoms with Crippen LogP contribution in [0.5, 0.6) is 0 Å². The van der Waals surface area contributed by atoms with E-state index >= 15 is 0 Å². The van der Waals surface area contributed by atoms with Gasteiger partial charge in [-0.3, -0.25) is 0 Å². The van der Waals surface area contributed by atoms with Gasteiger partial charge in [-0.05, 0) is 29.5 Å². The SMILES string of the molecule is Cc1ccccc1P.Cc1ccccc1[CH-]c1ccccc1C.Nc1ccccc1-c1[c-]cccc1.O.[Pd+2]. The predicted octanol–water partition coefficient (Wildman–Crippen LogP) is 7.31. The van der Waals surface area contributed by atoms with Gasteiger partial charge in [0.1, 0.15) is 0 Å². The van der Waals surface area contributed by atoms with Gasteiger partial charge in [0.15, 0.2) is 0 Å². The summed E-state index contributed by atoms with van der Waals surface area (Å²) in [6.07, 6.45) is 2.24. The number of nitrogen functional groups attached to an aromatic ring is 1. The van der Waals surface area contributed by atoms with E-state index in [1.54, 1.807) is 0 Å². The monoisotopic (exact) mass is 611 g/mol. The van der Waals surface area contributed by atoms with Gasteiger partial charge in [-0.1, -0.05) is 98.3 Å². The van der Waals surface area contributed by atoms with Crippen LogP contribution in [0.3, 0.4) is 0 Å². The normalized spacial score (nSPS) is 9.26. The number of para-hydroxylation sites is 1. The maximum atomic E-state index is 5.83. The van der Waals surface area contributed by atoms with E-state index in [1.807, 2.05) is 60.7 Å². The van der Waals surface area contributed by atoms with Crippen LogP contribution in [0.2, 0.25) is 0 Å². The number of hydrogen-bond acceptors (Lipinski definition) is 1. The molecule has 0 amide bonds. The van der Waals surface area contributed by atoms with Crippen molar-refractivity contribution in [1.29, 1.82) is 0 Å². The molecule has 198 valence electrons. The number of rotatable bonds is 3. The molecule has 0 aromatic heterocycles. The van der Waals surface area contributed by atoms with Crippen molar-refractivity contribution in [2.45, 2.75) is 20.8 Å². The van der Waals surface area contributed by atoms with Gasteiger partial charge in [-0.2, -0.15) is 0 Å². The Morgan fingerprint density at radius 2 is 1.08 bits per heavy atom. The molecule has 5 aromatic rings. The molecule has 0 aliphatic carbocycles. The Balaban J connectivity index is 0.000000289. The molecule has 5 rings (SSSR count). The van der Waals surface area contributed by atoms with E-state index < -0.39 is 0 Å². The Morgan fingerprint density at radius 1 is 0.605 bits per heavy atom. The molecule has 0 spiro atoms. The van der Waals surface area contributed by atoms with Crippen molar-refractivity contribution < 1.29 is 25.9 Å². The minimum atomic E-state index is 0. The number of hydrogen-bond donors (Lipinski definition) is 1. The smallest absolute Gasteiger partial charge is 0.412 e. The van der Waals surface area contributed by atoms with Crippen LogP contribution < -0.4 is 11.0 Å². The molecule has 0 radical (unpaired) electrons. The first kappa shape index (κ1) is 32.9. The number of anilines is 1. The van der Waals surface area contributed by atoms with E-state index in [1.165, 1.54) is 33.1 Å². The first-order valence-corrected chi connectivity index (χ1v) is 12.6. The molecule has 1 unspecified atom stereocenters. The molecular weight excluding hydrogens is 576 g/mol. The first-order valence-electron chi connectivity index (χ1n) is 12.0. The fraction of sp³-hybridized carbons (Fsp3) is 0.0882. The maximum Gasteiger partial charge on any atom is 2.00 e. The standard InChI is InChI=1S/C15H15.C12H10N.C7H9P.H2O.Pd/c1-12-7-3-5-9-14(12)11-15-10-6-4-8-13(15)2;13-12-9-5-4-8-11(12)10-6-2-1-3-7-10;1-6-4-2-3-5-7(6)8;;/h3-11H,1-2H3;1-6,8-9H,13H2;2-5H,8H2,1H3;1H2;/q2*-1;;;+2. The zero-order chi connectivity index (χ0) is 25.8. The molecule has 4 heteroatoms. The maximum absolute atomic E-state index is 5.83. The summed E-state index contributed by atoms with van der Waals surface area (Å²) in [7, 11) is 2.69. The second-order valence-corrected chi connectivity index (χ2v) is 9.20. The van der Waals surface area contributed by atoms with Crippen LogP contribution in [-0.2, 0) is 20.4 Å². The average molecular weight is 612 g/mol. The molecule has 0 bridgehead atoms. The van der Waals surface area contributed by atoms with E-state index in [4.69, 9.17) is 5.73 Å². The van der Waals surface area contributed by atoms with Crippen LogP contribution in [0.15, 0.2) is 121 Å². The quantitative estimate of drug-likeness (QED) is 0.0989. The van der Waals surface area contributed by atoms with Gasteiger partial charge >= 0.3 is 20.4 Å². The third-order valence-electron chi connectivity index (χ3n) is 5.84. The summed E-state index contributed by atoms with van der Waals surface area (Å²) in [5, 5.41) is 1.28. The van der Waals surface area contributed by atoms with E-state index in [2.05, 4.69) is 103 Å².